The maximum absolute atomic E-state index is 11.8. The minimum atomic E-state index is -0.445. The van der Waals surface area contributed by atoms with Crippen molar-refractivity contribution in [2.45, 2.75) is 34.3 Å². The van der Waals surface area contributed by atoms with E-state index in [0.717, 1.165) is 22.3 Å². The Morgan fingerprint density at radius 2 is 1.87 bits per heavy atom. The van der Waals surface area contributed by atoms with Crippen LogP contribution in [0.3, 0.4) is 0 Å². The van der Waals surface area contributed by atoms with Crippen LogP contribution in [-0.4, -0.2) is 38.9 Å². The number of ether oxygens (including phenoxy) is 4. The Labute approximate surface area is 182 Å². The lowest BCUT2D eigenvalue weighted by atomic mass is 9.95. The third-order valence-corrected chi connectivity index (χ3v) is 5.03. The smallest absolute Gasteiger partial charge is 0.407 e. The summed E-state index contributed by atoms with van der Waals surface area (Å²) in [7, 11) is 1.61. The Bertz CT molecular complexity index is 982. The van der Waals surface area contributed by atoms with E-state index in [1.807, 2.05) is 52.0 Å². The molecule has 1 N–H and O–H groups in total. The maximum Gasteiger partial charge on any atom is 0.407 e. The van der Waals surface area contributed by atoms with Gasteiger partial charge in [-0.2, -0.15) is 0 Å². The van der Waals surface area contributed by atoms with Crippen LogP contribution in [0, 0.1) is 12.3 Å². The van der Waals surface area contributed by atoms with Crippen LogP contribution in [0.1, 0.15) is 42.3 Å². The standard InChI is InChI=1S/C24H29NO6/c1-6-25-23(27)31-14-24(3,4)13-30-21-18(9-7-15(2)20(21)28-5)16-8-10-19-17(11-16)12-29-22(19)26/h7-11H,6,12-14H2,1-5H3,(H,25,27). The van der Waals surface area contributed by atoms with Crippen molar-refractivity contribution >= 4 is 12.1 Å². The van der Waals surface area contributed by atoms with Crippen LogP contribution in [0.5, 0.6) is 11.5 Å². The first-order valence-corrected chi connectivity index (χ1v) is 10.3. The topological polar surface area (TPSA) is 83.1 Å². The van der Waals surface area contributed by atoms with Gasteiger partial charge in [0.15, 0.2) is 11.5 Å². The number of carbonyl (C=O) groups is 2. The van der Waals surface area contributed by atoms with E-state index in [1.165, 1.54) is 0 Å². The van der Waals surface area contributed by atoms with Gasteiger partial charge in [-0.3, -0.25) is 0 Å². The van der Waals surface area contributed by atoms with Crippen molar-refractivity contribution in [3.63, 3.8) is 0 Å². The Kier molecular flexibility index (Phi) is 6.73. The summed E-state index contributed by atoms with van der Waals surface area (Å²) in [5, 5.41) is 2.62. The molecular formula is C24H29NO6. The Morgan fingerprint density at radius 1 is 1.13 bits per heavy atom. The molecule has 0 atom stereocenters. The zero-order chi connectivity index (χ0) is 22.6. The van der Waals surface area contributed by atoms with Gasteiger partial charge in [-0.15, -0.1) is 0 Å². The SMILES string of the molecule is CCNC(=O)OCC(C)(C)COc1c(-c2ccc3c(c2)COC3=O)ccc(C)c1OC. The average Bonchev–Trinajstić information content (AvgIpc) is 3.11. The molecule has 0 radical (unpaired) electrons. The molecule has 2 aromatic carbocycles. The molecule has 7 nitrogen and oxygen atoms in total. The highest BCUT2D eigenvalue weighted by Gasteiger charge is 2.26. The highest BCUT2D eigenvalue weighted by atomic mass is 16.6. The third kappa shape index (κ3) is 5.10. The number of nitrogens with one attached hydrogen (secondary N) is 1. The van der Waals surface area contributed by atoms with Gasteiger partial charge >= 0.3 is 12.1 Å². The van der Waals surface area contributed by atoms with E-state index in [4.69, 9.17) is 18.9 Å². The number of cyclic esters (lactones) is 1. The van der Waals surface area contributed by atoms with E-state index in [9.17, 15) is 9.59 Å². The third-order valence-electron chi connectivity index (χ3n) is 5.03. The highest BCUT2D eigenvalue weighted by molar-refractivity contribution is 5.94. The molecule has 0 unspecified atom stereocenters. The summed E-state index contributed by atoms with van der Waals surface area (Å²) >= 11 is 0. The number of methoxy groups -OCH3 is 1. The lowest BCUT2D eigenvalue weighted by molar-refractivity contribution is 0.0535. The van der Waals surface area contributed by atoms with Gasteiger partial charge in [-0.25, -0.2) is 9.59 Å². The molecular weight excluding hydrogens is 398 g/mol. The van der Waals surface area contributed by atoms with Crippen LogP contribution in [0.25, 0.3) is 11.1 Å². The van der Waals surface area contributed by atoms with Crippen LogP contribution in [0.15, 0.2) is 30.3 Å². The fourth-order valence-corrected chi connectivity index (χ4v) is 3.35. The molecule has 0 bridgehead atoms. The molecule has 0 spiro atoms. The molecule has 0 aliphatic carbocycles. The van der Waals surface area contributed by atoms with Crippen molar-refractivity contribution in [3.8, 4) is 22.6 Å². The van der Waals surface area contributed by atoms with Gasteiger partial charge in [-0.1, -0.05) is 32.0 Å². The van der Waals surface area contributed by atoms with Gasteiger partial charge in [0.2, 0.25) is 0 Å². The number of rotatable bonds is 8. The predicted octanol–water partition coefficient (Wildman–Crippen LogP) is 4.49. The second kappa shape index (κ2) is 9.29. The first-order chi connectivity index (χ1) is 14.8. The predicted molar refractivity (Wildman–Crippen MR) is 117 cm³/mol. The number of fused-ring (bicyclic) bond motifs is 1. The van der Waals surface area contributed by atoms with Crippen LogP contribution < -0.4 is 14.8 Å². The summed E-state index contributed by atoms with van der Waals surface area (Å²) < 4.78 is 22.3. The van der Waals surface area contributed by atoms with Crippen molar-refractivity contribution in [3.05, 3.63) is 47.0 Å². The summed E-state index contributed by atoms with van der Waals surface area (Å²) in [5.74, 6) is 0.956. The fraction of sp³-hybridized carbons (Fsp3) is 0.417. The van der Waals surface area contributed by atoms with E-state index in [-0.39, 0.29) is 19.2 Å². The second-order valence-electron chi connectivity index (χ2n) is 8.30. The molecule has 1 amide bonds. The maximum atomic E-state index is 11.8. The normalized spacial score (nSPS) is 12.7. The fourth-order valence-electron chi connectivity index (χ4n) is 3.35. The van der Waals surface area contributed by atoms with Crippen molar-refractivity contribution < 1.29 is 28.5 Å². The number of alkyl carbamates (subject to hydrolysis) is 1. The molecule has 166 valence electrons. The molecule has 0 aromatic heterocycles. The number of carbonyl (C=O) groups excluding carboxylic acids is 2. The molecule has 1 aliphatic heterocycles. The summed E-state index contributed by atoms with van der Waals surface area (Å²) in [6.45, 7) is 9.02. The van der Waals surface area contributed by atoms with Crippen LogP contribution in [0.4, 0.5) is 4.79 Å². The van der Waals surface area contributed by atoms with Crippen molar-refractivity contribution in [2.24, 2.45) is 5.41 Å². The minimum Gasteiger partial charge on any atom is -0.493 e. The monoisotopic (exact) mass is 427 g/mol. The number of hydrogen-bond acceptors (Lipinski definition) is 6. The molecule has 1 heterocycles. The van der Waals surface area contributed by atoms with Gasteiger partial charge in [0.25, 0.3) is 0 Å². The van der Waals surface area contributed by atoms with Gasteiger partial charge in [-0.05, 0) is 37.1 Å². The highest BCUT2D eigenvalue weighted by Crippen LogP contribution is 2.42. The van der Waals surface area contributed by atoms with Gasteiger partial charge in [0, 0.05) is 23.1 Å². The Hall–Kier alpha value is -3.22. The number of amides is 1. The molecule has 7 heteroatoms. The average molecular weight is 427 g/mol. The summed E-state index contributed by atoms with van der Waals surface area (Å²) in [6, 6.07) is 9.55. The summed E-state index contributed by atoms with van der Waals surface area (Å²) in [5.41, 5.74) is 3.72. The van der Waals surface area contributed by atoms with Crippen molar-refractivity contribution in [2.75, 3.05) is 26.9 Å². The zero-order valence-electron chi connectivity index (χ0n) is 18.7. The molecule has 0 fully saturated rings. The van der Waals surface area contributed by atoms with E-state index < -0.39 is 11.5 Å². The molecule has 1 aliphatic rings. The molecule has 31 heavy (non-hydrogen) atoms. The Balaban J connectivity index is 1.87. The van der Waals surface area contributed by atoms with Crippen molar-refractivity contribution in [1.82, 2.24) is 5.32 Å². The van der Waals surface area contributed by atoms with Crippen LogP contribution in [0.2, 0.25) is 0 Å². The van der Waals surface area contributed by atoms with Crippen LogP contribution >= 0.6 is 0 Å². The van der Waals surface area contributed by atoms with Gasteiger partial charge in [0.05, 0.1) is 19.3 Å². The second-order valence-corrected chi connectivity index (χ2v) is 8.30. The van der Waals surface area contributed by atoms with E-state index in [0.29, 0.717) is 30.2 Å². The van der Waals surface area contributed by atoms with E-state index in [1.54, 1.807) is 13.2 Å². The first-order valence-electron chi connectivity index (χ1n) is 10.3. The number of hydrogen-bond donors (Lipinski definition) is 1. The Morgan fingerprint density at radius 3 is 2.58 bits per heavy atom. The lowest BCUT2D eigenvalue weighted by Gasteiger charge is -2.26. The van der Waals surface area contributed by atoms with Gasteiger partial charge in [0.1, 0.15) is 13.2 Å². The first kappa shape index (κ1) is 22.5. The number of aryl methyl sites for hydroxylation is 1. The van der Waals surface area contributed by atoms with Crippen LogP contribution in [-0.2, 0) is 16.1 Å². The van der Waals surface area contributed by atoms with Gasteiger partial charge < -0.3 is 24.3 Å². The molecule has 3 rings (SSSR count). The molecule has 2 aromatic rings. The number of esters is 1. The summed E-state index contributed by atoms with van der Waals surface area (Å²) in [4.78, 5) is 23.4. The van der Waals surface area contributed by atoms with Crippen molar-refractivity contribution in [1.29, 1.82) is 0 Å². The lowest BCUT2D eigenvalue weighted by Crippen LogP contribution is -2.32. The largest absolute Gasteiger partial charge is 0.493 e. The molecule has 0 saturated heterocycles. The van der Waals surface area contributed by atoms with E-state index in [2.05, 4.69) is 5.32 Å². The minimum absolute atomic E-state index is 0.209. The zero-order valence-corrected chi connectivity index (χ0v) is 18.7. The quantitative estimate of drug-likeness (QED) is 0.625. The number of benzene rings is 2. The summed E-state index contributed by atoms with van der Waals surface area (Å²) in [6.07, 6.45) is -0.445. The molecule has 0 saturated carbocycles. The van der Waals surface area contributed by atoms with E-state index >= 15 is 0 Å².